The third-order valence-electron chi connectivity index (χ3n) is 7.80. The maximum Gasteiger partial charge on any atom is 0.336 e. The predicted molar refractivity (Wildman–Crippen MR) is 154 cm³/mol. The summed E-state index contributed by atoms with van der Waals surface area (Å²) in [6.07, 6.45) is 1.61. The highest BCUT2D eigenvalue weighted by Crippen LogP contribution is 2.46. The molecule has 0 aromatic heterocycles. The van der Waals surface area contributed by atoms with Crippen molar-refractivity contribution in [2.75, 3.05) is 20.8 Å². The van der Waals surface area contributed by atoms with E-state index in [1.54, 1.807) is 14.2 Å². The van der Waals surface area contributed by atoms with E-state index in [0.717, 1.165) is 33.6 Å². The van der Waals surface area contributed by atoms with E-state index in [-0.39, 0.29) is 18.3 Å². The van der Waals surface area contributed by atoms with Crippen molar-refractivity contribution in [3.8, 4) is 11.5 Å². The lowest BCUT2D eigenvalue weighted by Crippen LogP contribution is -2.36. The molecule has 0 bridgehead atoms. The van der Waals surface area contributed by atoms with Gasteiger partial charge in [-0.15, -0.1) is 0 Å². The summed E-state index contributed by atoms with van der Waals surface area (Å²) < 4.78 is 16.7. The van der Waals surface area contributed by atoms with Gasteiger partial charge in [0.05, 0.1) is 26.4 Å². The SMILES string of the molecule is COc1ccc([C@H]2CC(=O)C3=C(C2)NC(C)=C(C(=O)OCCc2ccccc2)[C@H]3c2ccc(C)cc2)cc1OC. The van der Waals surface area contributed by atoms with E-state index in [2.05, 4.69) is 5.32 Å². The molecule has 40 heavy (non-hydrogen) atoms. The van der Waals surface area contributed by atoms with Crippen molar-refractivity contribution in [1.82, 2.24) is 5.32 Å². The Balaban J connectivity index is 1.46. The number of methoxy groups -OCH3 is 2. The Bertz CT molecular complexity index is 1470. The zero-order valence-corrected chi connectivity index (χ0v) is 23.5. The summed E-state index contributed by atoms with van der Waals surface area (Å²) in [5.74, 6) is 0.411. The molecule has 2 aliphatic rings. The third-order valence-corrected chi connectivity index (χ3v) is 7.80. The minimum absolute atomic E-state index is 0.0237. The largest absolute Gasteiger partial charge is 0.493 e. The molecule has 6 heteroatoms. The Morgan fingerprint density at radius 1 is 0.875 bits per heavy atom. The summed E-state index contributed by atoms with van der Waals surface area (Å²) >= 11 is 0. The smallest absolute Gasteiger partial charge is 0.336 e. The fourth-order valence-electron chi connectivity index (χ4n) is 5.73. The molecule has 0 radical (unpaired) electrons. The standard InChI is InChI=1S/C34H35NO5/c1-21-10-12-24(13-11-21)32-31(34(37)40-17-16-23-8-6-5-7-9-23)22(2)35-27-18-26(19-28(36)33(27)32)25-14-15-29(38-3)30(20-25)39-4/h5-15,20,26,32,35H,16-19H2,1-4H3/t26-,32-/m1/s1. The van der Waals surface area contributed by atoms with Gasteiger partial charge in [0, 0.05) is 35.7 Å². The summed E-state index contributed by atoms with van der Waals surface area (Å²) in [7, 11) is 3.22. The second-order valence-electron chi connectivity index (χ2n) is 10.4. The number of rotatable bonds is 8. The van der Waals surface area contributed by atoms with E-state index in [1.165, 1.54) is 0 Å². The van der Waals surface area contributed by atoms with Gasteiger partial charge in [0.15, 0.2) is 17.3 Å². The molecule has 1 N–H and O–H groups in total. The first kappa shape index (κ1) is 27.3. The van der Waals surface area contributed by atoms with Gasteiger partial charge in [-0.1, -0.05) is 66.2 Å². The fourth-order valence-corrected chi connectivity index (χ4v) is 5.73. The normalized spacial score (nSPS) is 18.6. The summed E-state index contributed by atoms with van der Waals surface area (Å²) in [6, 6.07) is 23.8. The number of carbonyl (C=O) groups excluding carboxylic acids is 2. The van der Waals surface area contributed by atoms with Crippen molar-refractivity contribution in [2.45, 2.75) is 44.9 Å². The first-order valence-corrected chi connectivity index (χ1v) is 13.6. The van der Waals surface area contributed by atoms with E-state index >= 15 is 0 Å². The molecule has 1 aliphatic carbocycles. The van der Waals surface area contributed by atoms with Crippen LogP contribution in [0.3, 0.4) is 0 Å². The zero-order chi connectivity index (χ0) is 28.2. The van der Waals surface area contributed by atoms with Crippen LogP contribution in [-0.4, -0.2) is 32.6 Å². The molecule has 3 aromatic carbocycles. The van der Waals surface area contributed by atoms with Crippen molar-refractivity contribution >= 4 is 11.8 Å². The lowest BCUT2D eigenvalue weighted by atomic mass is 9.71. The highest BCUT2D eigenvalue weighted by molar-refractivity contribution is 6.04. The second-order valence-corrected chi connectivity index (χ2v) is 10.4. The van der Waals surface area contributed by atoms with Crippen LogP contribution >= 0.6 is 0 Å². The van der Waals surface area contributed by atoms with Crippen LogP contribution in [0.1, 0.15) is 53.9 Å². The molecule has 5 rings (SSSR count). The van der Waals surface area contributed by atoms with Crippen LogP contribution < -0.4 is 14.8 Å². The monoisotopic (exact) mass is 537 g/mol. The molecule has 1 aliphatic heterocycles. The van der Waals surface area contributed by atoms with Crippen LogP contribution in [0.25, 0.3) is 0 Å². The number of hydrogen-bond acceptors (Lipinski definition) is 6. The van der Waals surface area contributed by atoms with Gasteiger partial charge < -0.3 is 19.5 Å². The molecule has 0 unspecified atom stereocenters. The van der Waals surface area contributed by atoms with Gasteiger partial charge in [-0.2, -0.15) is 0 Å². The van der Waals surface area contributed by atoms with E-state index in [1.807, 2.05) is 86.6 Å². The maximum absolute atomic E-state index is 13.9. The summed E-state index contributed by atoms with van der Waals surface area (Å²) in [6.45, 7) is 4.18. The Kier molecular flexibility index (Phi) is 8.06. The van der Waals surface area contributed by atoms with Crippen LogP contribution in [0.15, 0.2) is 95.3 Å². The second kappa shape index (κ2) is 11.8. The number of esters is 1. The van der Waals surface area contributed by atoms with Crippen LogP contribution in [0.4, 0.5) is 0 Å². The fraction of sp³-hybridized carbons (Fsp3) is 0.294. The lowest BCUT2D eigenvalue weighted by molar-refractivity contribution is -0.139. The number of carbonyl (C=O) groups is 2. The van der Waals surface area contributed by atoms with Gasteiger partial charge in [-0.3, -0.25) is 4.79 Å². The zero-order valence-electron chi connectivity index (χ0n) is 23.5. The molecule has 0 saturated heterocycles. The minimum atomic E-state index is -0.486. The van der Waals surface area contributed by atoms with Crippen molar-refractivity contribution in [3.05, 3.63) is 118 Å². The summed E-state index contributed by atoms with van der Waals surface area (Å²) in [4.78, 5) is 27.5. The number of ketones is 1. The molecule has 1 heterocycles. The third kappa shape index (κ3) is 5.53. The highest BCUT2D eigenvalue weighted by atomic mass is 16.5. The maximum atomic E-state index is 13.9. The van der Waals surface area contributed by atoms with Gasteiger partial charge in [-0.25, -0.2) is 4.79 Å². The molecule has 0 amide bonds. The first-order valence-electron chi connectivity index (χ1n) is 13.6. The minimum Gasteiger partial charge on any atom is -0.493 e. The topological polar surface area (TPSA) is 73.9 Å². The number of allylic oxidation sites excluding steroid dienone is 3. The van der Waals surface area contributed by atoms with Gasteiger partial charge in [-0.05, 0) is 55.0 Å². The average molecular weight is 538 g/mol. The van der Waals surface area contributed by atoms with E-state index in [9.17, 15) is 9.59 Å². The first-order chi connectivity index (χ1) is 19.4. The number of ether oxygens (including phenoxy) is 3. The van der Waals surface area contributed by atoms with Gasteiger partial charge in [0.2, 0.25) is 0 Å². The Hall–Kier alpha value is -4.32. The van der Waals surface area contributed by atoms with Crippen molar-refractivity contribution in [3.63, 3.8) is 0 Å². The highest BCUT2D eigenvalue weighted by Gasteiger charge is 2.41. The molecule has 2 atom stereocenters. The number of Topliss-reactive ketones (excluding diaryl/α,β-unsaturated/α-hetero) is 1. The number of nitrogens with one attached hydrogen (secondary N) is 1. The van der Waals surface area contributed by atoms with Crippen LogP contribution in [0.2, 0.25) is 0 Å². The lowest BCUT2D eigenvalue weighted by Gasteiger charge is -2.36. The molecule has 0 fully saturated rings. The molecular formula is C34H35NO5. The molecule has 0 saturated carbocycles. The Morgan fingerprint density at radius 2 is 1.57 bits per heavy atom. The van der Waals surface area contributed by atoms with E-state index in [0.29, 0.717) is 41.9 Å². The van der Waals surface area contributed by atoms with Gasteiger partial charge >= 0.3 is 5.97 Å². The van der Waals surface area contributed by atoms with E-state index in [4.69, 9.17) is 14.2 Å². The summed E-state index contributed by atoms with van der Waals surface area (Å²) in [5, 5.41) is 3.43. The quantitative estimate of drug-likeness (QED) is 0.347. The van der Waals surface area contributed by atoms with Gasteiger partial charge in [0.1, 0.15) is 0 Å². The number of benzene rings is 3. The van der Waals surface area contributed by atoms with Crippen molar-refractivity contribution in [2.24, 2.45) is 0 Å². The molecule has 3 aromatic rings. The summed E-state index contributed by atoms with van der Waals surface area (Å²) in [5.41, 5.74) is 6.87. The van der Waals surface area contributed by atoms with Crippen LogP contribution in [-0.2, 0) is 20.7 Å². The average Bonchev–Trinajstić information content (AvgIpc) is 2.96. The number of aryl methyl sites for hydroxylation is 1. The van der Waals surface area contributed by atoms with Crippen LogP contribution in [0.5, 0.6) is 11.5 Å². The Morgan fingerprint density at radius 3 is 2.27 bits per heavy atom. The number of hydrogen-bond donors (Lipinski definition) is 1. The molecule has 6 nitrogen and oxygen atoms in total. The van der Waals surface area contributed by atoms with E-state index < -0.39 is 11.9 Å². The van der Waals surface area contributed by atoms with Crippen molar-refractivity contribution < 1.29 is 23.8 Å². The predicted octanol–water partition coefficient (Wildman–Crippen LogP) is 6.16. The molecule has 206 valence electrons. The molecule has 0 spiro atoms. The van der Waals surface area contributed by atoms with Crippen molar-refractivity contribution in [1.29, 1.82) is 0 Å². The number of dihydropyridines is 1. The van der Waals surface area contributed by atoms with Crippen LogP contribution in [0, 0.1) is 6.92 Å². The van der Waals surface area contributed by atoms with Gasteiger partial charge in [0.25, 0.3) is 0 Å². The molecular weight excluding hydrogens is 502 g/mol. The Labute approximate surface area is 235 Å².